The van der Waals surface area contributed by atoms with Crippen molar-refractivity contribution in [3.63, 3.8) is 0 Å². The Kier molecular flexibility index (Phi) is 4.26. The highest BCUT2D eigenvalue weighted by Gasteiger charge is 2.31. The van der Waals surface area contributed by atoms with E-state index in [2.05, 4.69) is 20.5 Å². The van der Waals surface area contributed by atoms with E-state index >= 15 is 0 Å². The maximum absolute atomic E-state index is 12.7. The van der Waals surface area contributed by atoms with Crippen LogP contribution in [0.5, 0.6) is 0 Å². The Balaban J connectivity index is 1.77. The van der Waals surface area contributed by atoms with Crippen molar-refractivity contribution in [1.29, 1.82) is 0 Å². The molecule has 0 unspecified atom stereocenters. The van der Waals surface area contributed by atoms with Crippen LogP contribution < -0.4 is 5.32 Å². The molecule has 0 bridgehead atoms. The summed E-state index contributed by atoms with van der Waals surface area (Å²) in [7, 11) is 0. The normalized spacial score (nSPS) is 11.4. The van der Waals surface area contributed by atoms with Gasteiger partial charge in [0.25, 0.3) is 5.91 Å². The smallest absolute Gasteiger partial charge is 0.289 e. The van der Waals surface area contributed by atoms with Crippen molar-refractivity contribution in [2.75, 3.05) is 5.32 Å². The summed E-state index contributed by atoms with van der Waals surface area (Å²) >= 11 is 0. The first kappa shape index (κ1) is 16.7. The SMILES string of the molecule is Cc1ccc(-c2nc(NC(=O)c3cccc(C(F)(F)F)c3)n[nH]2)cc1. The number of amides is 1. The molecule has 0 radical (unpaired) electrons. The van der Waals surface area contributed by atoms with E-state index in [4.69, 9.17) is 0 Å². The number of carbonyl (C=O) groups is 1. The summed E-state index contributed by atoms with van der Waals surface area (Å²) < 4.78 is 38.1. The van der Waals surface area contributed by atoms with Crippen LogP contribution in [0.25, 0.3) is 11.4 Å². The van der Waals surface area contributed by atoms with E-state index in [9.17, 15) is 18.0 Å². The van der Waals surface area contributed by atoms with Crippen LogP contribution in [0.4, 0.5) is 19.1 Å². The largest absolute Gasteiger partial charge is 0.416 e. The van der Waals surface area contributed by atoms with Crippen molar-refractivity contribution >= 4 is 11.9 Å². The predicted octanol–water partition coefficient (Wildman–Crippen LogP) is 4.05. The van der Waals surface area contributed by atoms with Crippen molar-refractivity contribution in [1.82, 2.24) is 15.2 Å². The number of carbonyl (C=O) groups excluding carboxylic acids is 1. The van der Waals surface area contributed by atoms with Gasteiger partial charge in [-0.1, -0.05) is 35.9 Å². The molecule has 5 nitrogen and oxygen atoms in total. The topological polar surface area (TPSA) is 70.7 Å². The minimum absolute atomic E-state index is 0.0158. The van der Waals surface area contributed by atoms with E-state index in [1.807, 2.05) is 31.2 Å². The number of aryl methyl sites for hydroxylation is 1. The second kappa shape index (κ2) is 6.39. The Morgan fingerprint density at radius 1 is 1.12 bits per heavy atom. The summed E-state index contributed by atoms with van der Waals surface area (Å²) in [5, 5.41) is 8.92. The highest BCUT2D eigenvalue weighted by Crippen LogP contribution is 2.29. The second-order valence-corrected chi connectivity index (χ2v) is 5.41. The molecule has 0 aliphatic rings. The van der Waals surface area contributed by atoms with Crippen LogP contribution in [0.1, 0.15) is 21.5 Å². The number of aromatic amines is 1. The Morgan fingerprint density at radius 3 is 2.52 bits per heavy atom. The van der Waals surface area contributed by atoms with Crippen molar-refractivity contribution in [3.8, 4) is 11.4 Å². The number of nitrogens with one attached hydrogen (secondary N) is 2. The second-order valence-electron chi connectivity index (χ2n) is 5.41. The van der Waals surface area contributed by atoms with Crippen LogP contribution in [-0.2, 0) is 6.18 Å². The maximum atomic E-state index is 12.7. The molecule has 0 aliphatic heterocycles. The lowest BCUT2D eigenvalue weighted by molar-refractivity contribution is -0.137. The zero-order valence-electron chi connectivity index (χ0n) is 13.1. The molecule has 8 heteroatoms. The summed E-state index contributed by atoms with van der Waals surface area (Å²) in [5.74, 6) is -0.294. The van der Waals surface area contributed by atoms with Gasteiger partial charge in [0.1, 0.15) is 0 Å². The van der Waals surface area contributed by atoms with Gasteiger partial charge in [0.15, 0.2) is 5.82 Å². The van der Waals surface area contributed by atoms with Gasteiger partial charge in [0.05, 0.1) is 5.56 Å². The minimum Gasteiger partial charge on any atom is -0.289 e. The van der Waals surface area contributed by atoms with Crippen LogP contribution >= 0.6 is 0 Å². The fourth-order valence-electron chi connectivity index (χ4n) is 2.17. The molecule has 0 saturated carbocycles. The number of aromatic nitrogens is 3. The van der Waals surface area contributed by atoms with Crippen LogP contribution in [0.3, 0.4) is 0 Å². The van der Waals surface area contributed by atoms with Crippen LogP contribution in [0, 0.1) is 6.92 Å². The Labute approximate surface area is 140 Å². The van der Waals surface area contributed by atoms with E-state index in [0.717, 1.165) is 23.3 Å². The Morgan fingerprint density at radius 2 is 1.84 bits per heavy atom. The lowest BCUT2D eigenvalue weighted by atomic mass is 10.1. The van der Waals surface area contributed by atoms with E-state index in [1.54, 1.807) is 0 Å². The number of nitrogens with zero attached hydrogens (tertiary/aromatic N) is 2. The summed E-state index contributed by atoms with van der Waals surface area (Å²) in [6.07, 6.45) is -4.51. The molecular weight excluding hydrogens is 333 g/mol. The molecule has 0 spiro atoms. The predicted molar refractivity (Wildman–Crippen MR) is 86.0 cm³/mol. The van der Waals surface area contributed by atoms with Gasteiger partial charge in [0.2, 0.25) is 5.95 Å². The molecule has 2 N–H and O–H groups in total. The molecule has 2 aromatic carbocycles. The van der Waals surface area contributed by atoms with Gasteiger partial charge in [-0.15, -0.1) is 5.10 Å². The number of anilines is 1. The first-order valence-electron chi connectivity index (χ1n) is 7.31. The quantitative estimate of drug-likeness (QED) is 0.751. The van der Waals surface area contributed by atoms with Crippen molar-refractivity contribution in [2.45, 2.75) is 13.1 Å². The minimum atomic E-state index is -4.51. The number of H-pyrrole nitrogens is 1. The Bertz CT molecular complexity index is 901. The number of rotatable bonds is 3. The molecular formula is C17H13F3N4O. The molecule has 0 fully saturated rings. The van der Waals surface area contributed by atoms with Crippen LogP contribution in [0.15, 0.2) is 48.5 Å². The van der Waals surface area contributed by atoms with Gasteiger partial charge in [-0.2, -0.15) is 18.2 Å². The van der Waals surface area contributed by atoms with Crippen LogP contribution in [-0.4, -0.2) is 21.1 Å². The number of halogens is 3. The van der Waals surface area contributed by atoms with Crippen LogP contribution in [0.2, 0.25) is 0 Å². The summed E-state index contributed by atoms with van der Waals surface area (Å²) in [4.78, 5) is 16.2. The molecule has 0 atom stereocenters. The van der Waals surface area contributed by atoms with Gasteiger partial charge < -0.3 is 0 Å². The molecule has 128 valence electrons. The lowest BCUT2D eigenvalue weighted by Gasteiger charge is -2.08. The van der Waals surface area contributed by atoms with E-state index in [-0.39, 0.29) is 11.5 Å². The molecule has 1 amide bonds. The fraction of sp³-hybridized carbons (Fsp3) is 0.118. The molecule has 1 heterocycles. The zero-order valence-corrected chi connectivity index (χ0v) is 13.1. The molecule has 0 aliphatic carbocycles. The molecule has 3 aromatic rings. The molecule has 0 saturated heterocycles. The van der Waals surface area contributed by atoms with Gasteiger partial charge in [-0.05, 0) is 25.1 Å². The first-order chi connectivity index (χ1) is 11.8. The van der Waals surface area contributed by atoms with Gasteiger partial charge in [0, 0.05) is 11.1 Å². The average molecular weight is 346 g/mol. The van der Waals surface area contributed by atoms with Crippen molar-refractivity contribution in [3.05, 3.63) is 65.2 Å². The molecule has 3 rings (SSSR count). The lowest BCUT2D eigenvalue weighted by Crippen LogP contribution is -2.14. The third-order valence-corrected chi connectivity index (χ3v) is 3.49. The number of hydrogen-bond acceptors (Lipinski definition) is 3. The van der Waals surface area contributed by atoms with Gasteiger partial charge in [-0.25, -0.2) is 0 Å². The molecule has 1 aromatic heterocycles. The number of hydrogen-bond donors (Lipinski definition) is 2. The average Bonchev–Trinajstić information content (AvgIpc) is 3.03. The fourth-order valence-corrected chi connectivity index (χ4v) is 2.17. The number of benzene rings is 2. The molecule has 25 heavy (non-hydrogen) atoms. The Hall–Kier alpha value is -3.16. The van der Waals surface area contributed by atoms with E-state index in [1.165, 1.54) is 12.1 Å². The highest BCUT2D eigenvalue weighted by atomic mass is 19.4. The standard InChI is InChI=1S/C17H13F3N4O/c1-10-5-7-11(8-6-10)14-21-16(24-23-14)22-15(25)12-3-2-4-13(9-12)17(18,19)20/h2-9H,1H3,(H2,21,22,23,24,25). The van der Waals surface area contributed by atoms with Gasteiger partial charge >= 0.3 is 6.18 Å². The summed E-state index contributed by atoms with van der Waals surface area (Å²) in [6.45, 7) is 1.95. The monoisotopic (exact) mass is 346 g/mol. The maximum Gasteiger partial charge on any atom is 0.416 e. The first-order valence-corrected chi connectivity index (χ1v) is 7.31. The van der Waals surface area contributed by atoms with Gasteiger partial charge in [-0.3, -0.25) is 15.2 Å². The van der Waals surface area contributed by atoms with E-state index in [0.29, 0.717) is 5.82 Å². The van der Waals surface area contributed by atoms with Crippen molar-refractivity contribution in [2.24, 2.45) is 0 Å². The summed E-state index contributed by atoms with van der Waals surface area (Å²) in [5.41, 5.74) is 0.839. The van der Waals surface area contributed by atoms with E-state index < -0.39 is 17.6 Å². The summed E-state index contributed by atoms with van der Waals surface area (Å²) in [6, 6.07) is 11.6. The van der Waals surface area contributed by atoms with Crippen molar-refractivity contribution < 1.29 is 18.0 Å². The highest BCUT2D eigenvalue weighted by molar-refractivity contribution is 6.03. The zero-order chi connectivity index (χ0) is 18.0. The number of alkyl halides is 3. The third kappa shape index (κ3) is 3.85. The third-order valence-electron chi connectivity index (χ3n) is 3.49.